The first-order valence-electron chi connectivity index (χ1n) is 10.7. The second kappa shape index (κ2) is 10.0. The number of piperazine rings is 1. The average molecular weight is 387 g/mol. The Labute approximate surface area is 168 Å². The van der Waals surface area contributed by atoms with E-state index in [0.717, 1.165) is 57.4 Å². The van der Waals surface area contributed by atoms with E-state index in [0.29, 0.717) is 12.6 Å². The Kier molecular flexibility index (Phi) is 7.45. The monoisotopic (exact) mass is 386 g/mol. The predicted octanol–water partition coefficient (Wildman–Crippen LogP) is 1.93. The summed E-state index contributed by atoms with van der Waals surface area (Å²) in [6.45, 7) is 7.88. The third-order valence-electron chi connectivity index (χ3n) is 5.74. The minimum absolute atomic E-state index is 0.0635. The lowest BCUT2D eigenvalue weighted by molar-refractivity contribution is -0.128. The normalized spacial score (nSPS) is 20.4. The van der Waals surface area contributed by atoms with Crippen LogP contribution >= 0.6 is 0 Å². The Balaban J connectivity index is 1.46. The summed E-state index contributed by atoms with van der Waals surface area (Å²) in [6, 6.07) is 10.5. The van der Waals surface area contributed by atoms with Crippen molar-refractivity contribution in [3.8, 4) is 0 Å². The quantitative estimate of drug-likeness (QED) is 0.681. The molecule has 2 amide bonds. The maximum atomic E-state index is 12.9. The highest BCUT2D eigenvalue weighted by Crippen LogP contribution is 2.19. The van der Waals surface area contributed by atoms with Crippen LogP contribution in [0.4, 0.5) is 0 Å². The maximum Gasteiger partial charge on any atom is 0.237 e. The van der Waals surface area contributed by atoms with Gasteiger partial charge in [-0.1, -0.05) is 43.7 Å². The molecule has 3 rings (SSSR count). The van der Waals surface area contributed by atoms with Crippen LogP contribution in [0, 0.1) is 0 Å². The fourth-order valence-corrected chi connectivity index (χ4v) is 3.77. The Bertz CT molecular complexity index is 639. The van der Waals surface area contributed by atoms with Gasteiger partial charge in [0.2, 0.25) is 11.8 Å². The minimum atomic E-state index is -0.162. The molecule has 1 heterocycles. The van der Waals surface area contributed by atoms with Crippen LogP contribution < -0.4 is 10.6 Å². The molecule has 1 saturated heterocycles. The first-order valence-corrected chi connectivity index (χ1v) is 10.7. The van der Waals surface area contributed by atoms with E-state index >= 15 is 0 Å². The van der Waals surface area contributed by atoms with Crippen molar-refractivity contribution in [2.45, 2.75) is 57.7 Å². The van der Waals surface area contributed by atoms with Gasteiger partial charge in [-0.25, -0.2) is 0 Å². The van der Waals surface area contributed by atoms with E-state index in [4.69, 9.17) is 0 Å². The highest BCUT2D eigenvalue weighted by molar-refractivity contribution is 5.81. The highest BCUT2D eigenvalue weighted by atomic mass is 16.2. The summed E-state index contributed by atoms with van der Waals surface area (Å²) in [6.07, 6.45) is 4.20. The van der Waals surface area contributed by atoms with E-state index in [-0.39, 0.29) is 23.9 Å². The number of benzene rings is 1. The van der Waals surface area contributed by atoms with E-state index in [9.17, 15) is 9.59 Å². The van der Waals surface area contributed by atoms with Crippen molar-refractivity contribution in [2.24, 2.45) is 0 Å². The molecule has 0 aromatic heterocycles. The molecule has 1 aromatic rings. The van der Waals surface area contributed by atoms with Gasteiger partial charge < -0.3 is 10.6 Å². The molecule has 2 atom stereocenters. The highest BCUT2D eigenvalue weighted by Gasteiger charge is 2.29. The van der Waals surface area contributed by atoms with Gasteiger partial charge in [-0.05, 0) is 31.7 Å². The second-order valence-corrected chi connectivity index (χ2v) is 8.09. The molecule has 2 fully saturated rings. The molecular weight excluding hydrogens is 352 g/mol. The summed E-state index contributed by atoms with van der Waals surface area (Å²) in [7, 11) is 0. The summed E-state index contributed by atoms with van der Waals surface area (Å²) < 4.78 is 0. The molecule has 2 unspecified atom stereocenters. The molecule has 1 aliphatic heterocycles. The van der Waals surface area contributed by atoms with Gasteiger partial charge in [-0.2, -0.15) is 0 Å². The van der Waals surface area contributed by atoms with Crippen LogP contribution in [0.5, 0.6) is 0 Å². The molecule has 6 nitrogen and oxygen atoms in total. The number of carbonyl (C=O) groups excluding carboxylic acids is 2. The molecule has 28 heavy (non-hydrogen) atoms. The van der Waals surface area contributed by atoms with Crippen molar-refractivity contribution in [3.05, 3.63) is 35.9 Å². The molecule has 1 saturated carbocycles. The van der Waals surface area contributed by atoms with Gasteiger partial charge in [-0.3, -0.25) is 19.4 Å². The van der Waals surface area contributed by atoms with Crippen molar-refractivity contribution in [2.75, 3.05) is 32.7 Å². The Morgan fingerprint density at radius 2 is 1.79 bits per heavy atom. The van der Waals surface area contributed by atoms with E-state index in [2.05, 4.69) is 39.5 Å². The van der Waals surface area contributed by atoms with Crippen molar-refractivity contribution >= 4 is 11.8 Å². The zero-order valence-electron chi connectivity index (χ0n) is 17.2. The zero-order valence-corrected chi connectivity index (χ0v) is 17.2. The minimum Gasteiger partial charge on any atom is -0.352 e. The maximum absolute atomic E-state index is 12.9. The van der Waals surface area contributed by atoms with E-state index in [1.807, 2.05) is 25.1 Å². The number of hydrogen-bond donors (Lipinski definition) is 2. The van der Waals surface area contributed by atoms with Crippen molar-refractivity contribution in [1.82, 2.24) is 20.4 Å². The van der Waals surface area contributed by atoms with Crippen LogP contribution in [0.1, 0.15) is 51.1 Å². The second-order valence-electron chi connectivity index (χ2n) is 8.09. The predicted molar refractivity (Wildman–Crippen MR) is 111 cm³/mol. The van der Waals surface area contributed by atoms with Gasteiger partial charge >= 0.3 is 0 Å². The lowest BCUT2D eigenvalue weighted by Crippen LogP contribution is -2.55. The molecule has 1 aliphatic carbocycles. The molecule has 0 bridgehead atoms. The SMILES string of the molecule is CCCC(NC(=O)C(C)N1CCN(CC(=O)NC2CC2)CC1)c1ccccc1. The van der Waals surface area contributed by atoms with Crippen molar-refractivity contribution in [1.29, 1.82) is 0 Å². The number of nitrogens with zero attached hydrogens (tertiary/aromatic N) is 2. The molecule has 0 radical (unpaired) electrons. The van der Waals surface area contributed by atoms with E-state index in [1.54, 1.807) is 0 Å². The summed E-state index contributed by atoms with van der Waals surface area (Å²) in [5, 5.41) is 6.29. The van der Waals surface area contributed by atoms with Crippen LogP contribution in [-0.4, -0.2) is 66.4 Å². The average Bonchev–Trinajstić information content (AvgIpc) is 3.52. The topological polar surface area (TPSA) is 64.7 Å². The Morgan fingerprint density at radius 3 is 2.39 bits per heavy atom. The first kappa shape index (κ1) is 20.8. The van der Waals surface area contributed by atoms with E-state index < -0.39 is 0 Å². The fourth-order valence-electron chi connectivity index (χ4n) is 3.77. The lowest BCUT2D eigenvalue weighted by atomic mass is 10.0. The standard InChI is InChI=1S/C22H34N4O2/c1-3-7-20(18-8-5-4-6-9-18)24-22(28)17(2)26-14-12-25(13-15-26)16-21(27)23-19-10-11-19/h4-6,8-9,17,19-20H,3,7,10-16H2,1-2H3,(H,23,27)(H,24,28). The van der Waals surface area contributed by atoms with Crippen LogP contribution in [0.15, 0.2) is 30.3 Å². The molecule has 2 aliphatic rings. The number of nitrogens with one attached hydrogen (secondary N) is 2. The first-order chi connectivity index (χ1) is 13.6. The van der Waals surface area contributed by atoms with Crippen molar-refractivity contribution in [3.63, 3.8) is 0 Å². The van der Waals surface area contributed by atoms with Gasteiger partial charge in [0.1, 0.15) is 0 Å². The summed E-state index contributed by atoms with van der Waals surface area (Å²) in [4.78, 5) is 29.2. The van der Waals surface area contributed by atoms with Crippen LogP contribution in [-0.2, 0) is 9.59 Å². The Morgan fingerprint density at radius 1 is 1.11 bits per heavy atom. The third-order valence-corrected chi connectivity index (χ3v) is 5.74. The van der Waals surface area contributed by atoms with Gasteiger partial charge in [0, 0.05) is 32.2 Å². The number of hydrogen-bond acceptors (Lipinski definition) is 4. The van der Waals surface area contributed by atoms with Gasteiger partial charge in [0.05, 0.1) is 18.6 Å². The van der Waals surface area contributed by atoms with Crippen LogP contribution in [0.2, 0.25) is 0 Å². The van der Waals surface area contributed by atoms with Crippen LogP contribution in [0.3, 0.4) is 0 Å². The van der Waals surface area contributed by atoms with Gasteiger partial charge in [-0.15, -0.1) is 0 Å². The van der Waals surface area contributed by atoms with Gasteiger partial charge in [0.15, 0.2) is 0 Å². The molecule has 2 N–H and O–H groups in total. The van der Waals surface area contributed by atoms with Gasteiger partial charge in [0.25, 0.3) is 0 Å². The number of carbonyl (C=O) groups is 2. The fraction of sp³-hybridized carbons (Fsp3) is 0.636. The number of amides is 2. The molecule has 0 spiro atoms. The third kappa shape index (κ3) is 6.04. The summed E-state index contributed by atoms with van der Waals surface area (Å²) >= 11 is 0. The number of rotatable bonds is 9. The van der Waals surface area contributed by atoms with Crippen molar-refractivity contribution < 1.29 is 9.59 Å². The molecule has 154 valence electrons. The lowest BCUT2D eigenvalue weighted by Gasteiger charge is -2.37. The summed E-state index contributed by atoms with van der Waals surface area (Å²) in [5.74, 6) is 0.217. The molecule has 1 aromatic carbocycles. The Hall–Kier alpha value is -1.92. The molecular formula is C22H34N4O2. The van der Waals surface area contributed by atoms with Crippen LogP contribution in [0.25, 0.3) is 0 Å². The van der Waals surface area contributed by atoms with E-state index in [1.165, 1.54) is 0 Å². The molecule has 6 heteroatoms. The summed E-state index contributed by atoms with van der Waals surface area (Å²) in [5.41, 5.74) is 1.16. The smallest absolute Gasteiger partial charge is 0.237 e. The zero-order chi connectivity index (χ0) is 19.9. The largest absolute Gasteiger partial charge is 0.352 e.